The Morgan fingerprint density at radius 3 is 2.65 bits per heavy atom. The van der Waals surface area contributed by atoms with Crippen LogP contribution in [0.3, 0.4) is 0 Å². The number of carbonyl (C=O) groups is 1. The Balaban J connectivity index is 1.64. The van der Waals surface area contributed by atoms with E-state index in [4.69, 9.17) is 16.3 Å². The van der Waals surface area contributed by atoms with Crippen molar-refractivity contribution in [2.45, 2.75) is 6.92 Å². The lowest BCUT2D eigenvalue weighted by Gasteiger charge is -2.10. The minimum atomic E-state index is -0.340. The smallest absolute Gasteiger partial charge is 0.264 e. The van der Waals surface area contributed by atoms with E-state index in [0.29, 0.717) is 22.3 Å². The second-order valence-electron chi connectivity index (χ2n) is 5.50. The Labute approximate surface area is 156 Å². The number of rotatable bonds is 6. The normalized spacial score (nSPS) is 10.2. The molecule has 6 nitrogen and oxygen atoms in total. The summed E-state index contributed by atoms with van der Waals surface area (Å²) in [6.07, 6.45) is 0. The number of anilines is 3. The average Bonchev–Trinajstić information content (AvgIpc) is 2.60. The van der Waals surface area contributed by atoms with Crippen molar-refractivity contribution in [1.82, 2.24) is 9.97 Å². The molecule has 0 aliphatic carbocycles. The van der Waals surface area contributed by atoms with Gasteiger partial charge in [0.15, 0.2) is 6.61 Å². The van der Waals surface area contributed by atoms with Gasteiger partial charge in [0.1, 0.15) is 11.6 Å². The van der Waals surface area contributed by atoms with Crippen molar-refractivity contribution in [3.05, 3.63) is 71.4 Å². The molecule has 0 radical (unpaired) electrons. The predicted octanol–water partition coefficient (Wildman–Crippen LogP) is 4.20. The molecule has 0 aliphatic rings. The van der Waals surface area contributed by atoms with Crippen molar-refractivity contribution in [2.24, 2.45) is 0 Å². The lowest BCUT2D eigenvalue weighted by Crippen LogP contribution is -2.21. The zero-order chi connectivity index (χ0) is 18.4. The van der Waals surface area contributed by atoms with Gasteiger partial charge >= 0.3 is 0 Å². The van der Waals surface area contributed by atoms with Crippen LogP contribution in [0.2, 0.25) is 5.02 Å². The molecule has 0 bridgehead atoms. The highest BCUT2D eigenvalue weighted by Gasteiger charge is 2.08. The third-order valence-corrected chi connectivity index (χ3v) is 3.55. The second-order valence-corrected chi connectivity index (χ2v) is 5.94. The topological polar surface area (TPSA) is 76.1 Å². The number of para-hydroxylation sites is 1. The Morgan fingerprint density at radius 1 is 1.08 bits per heavy atom. The number of ether oxygens (including phenoxy) is 1. The number of benzene rings is 2. The zero-order valence-corrected chi connectivity index (χ0v) is 14.8. The molecule has 2 N–H and O–H groups in total. The van der Waals surface area contributed by atoms with Crippen LogP contribution >= 0.6 is 11.6 Å². The van der Waals surface area contributed by atoms with Crippen molar-refractivity contribution >= 4 is 35.0 Å². The monoisotopic (exact) mass is 368 g/mol. The van der Waals surface area contributed by atoms with Gasteiger partial charge in [-0.2, -0.15) is 4.98 Å². The second kappa shape index (κ2) is 8.31. The van der Waals surface area contributed by atoms with Gasteiger partial charge in [-0.05, 0) is 37.3 Å². The van der Waals surface area contributed by atoms with Gasteiger partial charge in [0.2, 0.25) is 5.95 Å². The molecular formula is C19H17ClN4O2. The van der Waals surface area contributed by atoms with E-state index in [1.165, 1.54) is 0 Å². The maximum atomic E-state index is 12.1. The van der Waals surface area contributed by atoms with Crippen LogP contribution < -0.4 is 15.4 Å². The first-order valence-electron chi connectivity index (χ1n) is 7.94. The molecule has 0 saturated carbocycles. The first-order chi connectivity index (χ1) is 12.6. The quantitative estimate of drug-likeness (QED) is 0.682. The predicted molar refractivity (Wildman–Crippen MR) is 102 cm³/mol. The molecule has 7 heteroatoms. The van der Waals surface area contributed by atoms with Crippen LogP contribution in [-0.4, -0.2) is 22.5 Å². The van der Waals surface area contributed by atoms with Gasteiger partial charge in [-0.15, -0.1) is 0 Å². The van der Waals surface area contributed by atoms with Gasteiger partial charge < -0.3 is 10.1 Å². The molecule has 26 heavy (non-hydrogen) atoms. The SMILES string of the molecule is Cc1cc(Nc2cccc(Cl)c2)nc(NC(=O)COc2ccccc2)n1. The fraction of sp³-hybridized carbons (Fsp3) is 0.105. The number of hydrogen-bond acceptors (Lipinski definition) is 5. The number of aryl methyl sites for hydroxylation is 1. The summed E-state index contributed by atoms with van der Waals surface area (Å²) in [5, 5.41) is 6.40. The number of halogens is 1. The summed E-state index contributed by atoms with van der Waals surface area (Å²) in [5.41, 5.74) is 1.50. The van der Waals surface area contributed by atoms with Crippen LogP contribution in [0.25, 0.3) is 0 Å². The third kappa shape index (κ3) is 5.19. The zero-order valence-electron chi connectivity index (χ0n) is 14.1. The van der Waals surface area contributed by atoms with Gasteiger partial charge in [0, 0.05) is 22.5 Å². The van der Waals surface area contributed by atoms with E-state index in [0.717, 1.165) is 5.69 Å². The Hall–Kier alpha value is -3.12. The Bertz CT molecular complexity index is 903. The van der Waals surface area contributed by atoms with E-state index >= 15 is 0 Å². The average molecular weight is 369 g/mol. The molecule has 0 atom stereocenters. The summed E-state index contributed by atoms with van der Waals surface area (Å²) in [5.74, 6) is 1.04. The number of nitrogens with one attached hydrogen (secondary N) is 2. The highest BCUT2D eigenvalue weighted by Crippen LogP contribution is 2.20. The summed E-state index contributed by atoms with van der Waals surface area (Å²) >= 11 is 5.98. The maximum Gasteiger partial charge on any atom is 0.264 e. The van der Waals surface area contributed by atoms with Gasteiger partial charge in [-0.25, -0.2) is 4.98 Å². The highest BCUT2D eigenvalue weighted by atomic mass is 35.5. The van der Waals surface area contributed by atoms with E-state index in [1.807, 2.05) is 37.3 Å². The van der Waals surface area contributed by atoms with E-state index in [-0.39, 0.29) is 18.5 Å². The number of nitrogens with zero attached hydrogens (tertiary/aromatic N) is 2. The van der Waals surface area contributed by atoms with Crippen LogP contribution in [0.5, 0.6) is 5.75 Å². The summed E-state index contributed by atoms with van der Waals surface area (Å²) in [7, 11) is 0. The van der Waals surface area contributed by atoms with Crippen LogP contribution in [0.15, 0.2) is 60.7 Å². The molecule has 0 saturated heterocycles. The molecule has 1 heterocycles. The first kappa shape index (κ1) is 17.7. The summed E-state index contributed by atoms with van der Waals surface area (Å²) in [6.45, 7) is 1.69. The highest BCUT2D eigenvalue weighted by molar-refractivity contribution is 6.30. The minimum Gasteiger partial charge on any atom is -0.484 e. The fourth-order valence-corrected chi connectivity index (χ4v) is 2.42. The standard InChI is InChI=1S/C19H17ClN4O2/c1-13-10-17(22-15-7-5-6-14(20)11-15)23-19(21-13)24-18(25)12-26-16-8-3-2-4-9-16/h2-11H,12H2,1H3,(H2,21,22,23,24,25). The fourth-order valence-electron chi connectivity index (χ4n) is 2.23. The van der Waals surface area contributed by atoms with Crippen molar-refractivity contribution < 1.29 is 9.53 Å². The van der Waals surface area contributed by atoms with Crippen LogP contribution in [-0.2, 0) is 4.79 Å². The molecule has 0 fully saturated rings. The molecule has 0 unspecified atom stereocenters. The van der Waals surface area contributed by atoms with Crippen molar-refractivity contribution in [2.75, 3.05) is 17.2 Å². The lowest BCUT2D eigenvalue weighted by atomic mass is 10.3. The van der Waals surface area contributed by atoms with E-state index in [2.05, 4.69) is 20.6 Å². The van der Waals surface area contributed by atoms with Crippen molar-refractivity contribution in [3.63, 3.8) is 0 Å². The number of aromatic nitrogens is 2. The molecule has 1 aromatic heterocycles. The van der Waals surface area contributed by atoms with Crippen molar-refractivity contribution in [1.29, 1.82) is 0 Å². The number of amides is 1. The molecule has 132 valence electrons. The van der Waals surface area contributed by atoms with E-state index in [9.17, 15) is 4.79 Å². The summed E-state index contributed by atoms with van der Waals surface area (Å²) in [6, 6.07) is 18.2. The van der Waals surface area contributed by atoms with Crippen LogP contribution in [0.4, 0.5) is 17.5 Å². The molecule has 0 spiro atoms. The maximum absolute atomic E-state index is 12.1. The Kier molecular flexibility index (Phi) is 5.66. The molecule has 0 aliphatic heterocycles. The molecule has 3 aromatic rings. The molecule has 3 rings (SSSR count). The van der Waals surface area contributed by atoms with Crippen LogP contribution in [0.1, 0.15) is 5.69 Å². The van der Waals surface area contributed by atoms with Gasteiger partial charge in [-0.3, -0.25) is 10.1 Å². The van der Waals surface area contributed by atoms with Crippen molar-refractivity contribution in [3.8, 4) is 5.75 Å². The summed E-state index contributed by atoms with van der Waals surface area (Å²) in [4.78, 5) is 20.6. The molecular weight excluding hydrogens is 352 g/mol. The van der Waals surface area contributed by atoms with E-state index < -0.39 is 0 Å². The number of carbonyl (C=O) groups excluding carboxylic acids is 1. The van der Waals surface area contributed by atoms with Crippen LogP contribution in [0, 0.1) is 6.92 Å². The lowest BCUT2D eigenvalue weighted by molar-refractivity contribution is -0.118. The summed E-state index contributed by atoms with van der Waals surface area (Å²) < 4.78 is 5.41. The van der Waals surface area contributed by atoms with Gasteiger partial charge in [0.25, 0.3) is 5.91 Å². The van der Waals surface area contributed by atoms with E-state index in [1.54, 1.807) is 30.3 Å². The van der Waals surface area contributed by atoms with Gasteiger partial charge in [0.05, 0.1) is 0 Å². The minimum absolute atomic E-state index is 0.127. The Morgan fingerprint density at radius 2 is 1.88 bits per heavy atom. The number of hydrogen-bond donors (Lipinski definition) is 2. The third-order valence-electron chi connectivity index (χ3n) is 3.32. The molecule has 1 amide bonds. The van der Waals surface area contributed by atoms with Gasteiger partial charge in [-0.1, -0.05) is 35.9 Å². The largest absolute Gasteiger partial charge is 0.484 e. The first-order valence-corrected chi connectivity index (χ1v) is 8.32. The molecule has 2 aromatic carbocycles.